The number of carbonyl (C=O) groups is 1. The number of benzene rings is 2. The molecule has 0 fully saturated rings. The average Bonchev–Trinajstić information content (AvgIpc) is 2.92. The second-order valence-corrected chi connectivity index (χ2v) is 7.37. The Balaban J connectivity index is 1.63. The SMILES string of the molecule is COc1ccc(SCCC(=O)N=c2sc3ccccc3n2C)cc1. The Kier molecular flexibility index (Phi) is 5.37. The molecule has 0 atom stereocenters. The highest BCUT2D eigenvalue weighted by molar-refractivity contribution is 7.99. The van der Waals surface area contributed by atoms with Crippen molar-refractivity contribution < 1.29 is 9.53 Å². The van der Waals surface area contributed by atoms with Crippen LogP contribution in [0.25, 0.3) is 10.2 Å². The largest absolute Gasteiger partial charge is 0.497 e. The number of nitrogens with zero attached hydrogens (tertiary/aromatic N) is 2. The molecular weight excluding hydrogens is 340 g/mol. The minimum Gasteiger partial charge on any atom is -0.497 e. The number of thiazole rings is 1. The van der Waals surface area contributed by atoms with E-state index in [0.29, 0.717) is 12.2 Å². The van der Waals surface area contributed by atoms with Gasteiger partial charge in [0.2, 0.25) is 5.91 Å². The summed E-state index contributed by atoms with van der Waals surface area (Å²) in [5.41, 5.74) is 1.10. The minimum absolute atomic E-state index is 0.0850. The number of fused-ring (bicyclic) bond motifs is 1. The van der Waals surface area contributed by atoms with Gasteiger partial charge < -0.3 is 9.30 Å². The molecule has 0 saturated heterocycles. The molecule has 3 aromatic rings. The zero-order chi connectivity index (χ0) is 16.9. The molecule has 0 aliphatic heterocycles. The lowest BCUT2D eigenvalue weighted by Crippen LogP contribution is -2.13. The van der Waals surface area contributed by atoms with Crippen molar-refractivity contribution in [3.8, 4) is 5.75 Å². The average molecular weight is 358 g/mol. The summed E-state index contributed by atoms with van der Waals surface area (Å²) in [6, 6.07) is 15.9. The normalized spacial score (nSPS) is 11.8. The van der Waals surface area contributed by atoms with Crippen LogP contribution in [0.5, 0.6) is 5.75 Å². The molecule has 0 spiro atoms. The van der Waals surface area contributed by atoms with Gasteiger partial charge in [-0.2, -0.15) is 4.99 Å². The van der Waals surface area contributed by atoms with E-state index in [0.717, 1.165) is 25.7 Å². The van der Waals surface area contributed by atoms with Crippen LogP contribution in [0, 0.1) is 0 Å². The monoisotopic (exact) mass is 358 g/mol. The van der Waals surface area contributed by atoms with Crippen molar-refractivity contribution >= 4 is 39.2 Å². The van der Waals surface area contributed by atoms with Gasteiger partial charge in [0.15, 0.2) is 4.80 Å². The molecule has 1 amide bonds. The molecule has 0 saturated carbocycles. The summed E-state index contributed by atoms with van der Waals surface area (Å²) in [7, 11) is 3.59. The van der Waals surface area contributed by atoms with Gasteiger partial charge in [-0.25, -0.2) is 0 Å². The molecule has 0 radical (unpaired) electrons. The van der Waals surface area contributed by atoms with Crippen LogP contribution < -0.4 is 9.54 Å². The van der Waals surface area contributed by atoms with E-state index in [-0.39, 0.29) is 5.91 Å². The summed E-state index contributed by atoms with van der Waals surface area (Å²) in [4.78, 5) is 18.3. The lowest BCUT2D eigenvalue weighted by Gasteiger charge is -2.02. The predicted molar refractivity (Wildman–Crippen MR) is 99.7 cm³/mol. The number of para-hydroxylation sites is 1. The molecule has 124 valence electrons. The Morgan fingerprint density at radius 3 is 2.67 bits per heavy atom. The Labute approximate surface area is 148 Å². The van der Waals surface area contributed by atoms with Gasteiger partial charge in [-0.05, 0) is 36.4 Å². The van der Waals surface area contributed by atoms with Crippen molar-refractivity contribution in [3.63, 3.8) is 0 Å². The molecule has 0 N–H and O–H groups in total. The number of methoxy groups -OCH3 is 1. The van der Waals surface area contributed by atoms with Gasteiger partial charge in [-0.3, -0.25) is 4.79 Å². The number of rotatable bonds is 5. The summed E-state index contributed by atoms with van der Waals surface area (Å²) in [5.74, 6) is 1.46. The Morgan fingerprint density at radius 2 is 1.96 bits per heavy atom. The van der Waals surface area contributed by atoms with Gasteiger partial charge >= 0.3 is 0 Å². The van der Waals surface area contributed by atoms with Crippen molar-refractivity contribution in [2.45, 2.75) is 11.3 Å². The third-order valence-corrected chi connectivity index (χ3v) is 5.71. The predicted octanol–water partition coefficient (Wildman–Crippen LogP) is 3.86. The zero-order valence-corrected chi connectivity index (χ0v) is 15.2. The maximum absolute atomic E-state index is 12.1. The molecule has 24 heavy (non-hydrogen) atoms. The molecule has 4 nitrogen and oxygen atoms in total. The van der Waals surface area contributed by atoms with E-state index in [1.54, 1.807) is 30.2 Å². The molecule has 1 heterocycles. The highest BCUT2D eigenvalue weighted by atomic mass is 32.2. The smallest absolute Gasteiger partial charge is 0.249 e. The summed E-state index contributed by atoms with van der Waals surface area (Å²) in [6.07, 6.45) is 0.422. The summed E-state index contributed by atoms with van der Waals surface area (Å²) in [6.45, 7) is 0. The Bertz CT molecular complexity index is 911. The summed E-state index contributed by atoms with van der Waals surface area (Å²) < 4.78 is 8.24. The van der Waals surface area contributed by atoms with Gasteiger partial charge in [-0.15, -0.1) is 11.8 Å². The van der Waals surface area contributed by atoms with Gasteiger partial charge in [-0.1, -0.05) is 23.5 Å². The van der Waals surface area contributed by atoms with Gasteiger partial charge in [0.25, 0.3) is 0 Å². The van der Waals surface area contributed by atoms with E-state index in [9.17, 15) is 4.79 Å². The lowest BCUT2D eigenvalue weighted by atomic mass is 10.3. The number of hydrogen-bond donors (Lipinski definition) is 0. The van der Waals surface area contributed by atoms with Crippen LogP contribution in [0.15, 0.2) is 58.4 Å². The van der Waals surface area contributed by atoms with Crippen molar-refractivity contribution in [1.82, 2.24) is 4.57 Å². The van der Waals surface area contributed by atoms with Crippen LogP contribution in [0.2, 0.25) is 0 Å². The number of hydrogen-bond acceptors (Lipinski definition) is 4. The quantitative estimate of drug-likeness (QED) is 0.651. The molecule has 0 aliphatic rings. The van der Waals surface area contributed by atoms with E-state index in [1.165, 1.54) is 0 Å². The zero-order valence-electron chi connectivity index (χ0n) is 13.6. The molecule has 0 aliphatic carbocycles. The van der Waals surface area contributed by atoms with E-state index in [4.69, 9.17) is 4.74 Å². The summed E-state index contributed by atoms with van der Waals surface area (Å²) in [5, 5.41) is 0. The number of aryl methyl sites for hydroxylation is 1. The first kappa shape index (κ1) is 16.8. The number of amides is 1. The van der Waals surface area contributed by atoms with Crippen LogP contribution in [-0.2, 0) is 11.8 Å². The summed E-state index contributed by atoms with van der Waals surface area (Å²) >= 11 is 3.19. The van der Waals surface area contributed by atoms with E-state index < -0.39 is 0 Å². The molecule has 6 heteroatoms. The molecule has 2 aromatic carbocycles. The van der Waals surface area contributed by atoms with E-state index >= 15 is 0 Å². The van der Waals surface area contributed by atoms with Crippen LogP contribution in [-0.4, -0.2) is 23.3 Å². The molecular formula is C18H18N2O2S2. The van der Waals surface area contributed by atoms with Crippen LogP contribution in [0.3, 0.4) is 0 Å². The fraction of sp³-hybridized carbons (Fsp3) is 0.222. The van der Waals surface area contributed by atoms with E-state index in [1.807, 2.05) is 60.1 Å². The van der Waals surface area contributed by atoms with Crippen molar-refractivity contribution in [2.24, 2.45) is 12.0 Å². The fourth-order valence-electron chi connectivity index (χ4n) is 2.28. The Morgan fingerprint density at radius 1 is 1.21 bits per heavy atom. The molecule has 0 bridgehead atoms. The maximum Gasteiger partial charge on any atom is 0.249 e. The second-order valence-electron chi connectivity index (χ2n) is 5.19. The van der Waals surface area contributed by atoms with Gasteiger partial charge in [0.05, 0.1) is 17.3 Å². The number of aromatic nitrogens is 1. The minimum atomic E-state index is -0.0850. The second kappa shape index (κ2) is 7.68. The third kappa shape index (κ3) is 3.88. The highest BCUT2D eigenvalue weighted by Gasteiger charge is 2.05. The number of ether oxygens (including phenoxy) is 1. The van der Waals surface area contributed by atoms with Crippen LogP contribution >= 0.6 is 23.1 Å². The first-order chi connectivity index (χ1) is 11.7. The van der Waals surface area contributed by atoms with Gasteiger partial charge in [0.1, 0.15) is 5.75 Å². The van der Waals surface area contributed by atoms with E-state index in [2.05, 4.69) is 4.99 Å². The number of thioether (sulfide) groups is 1. The van der Waals surface area contributed by atoms with Crippen molar-refractivity contribution in [1.29, 1.82) is 0 Å². The van der Waals surface area contributed by atoms with Crippen LogP contribution in [0.4, 0.5) is 0 Å². The highest BCUT2D eigenvalue weighted by Crippen LogP contribution is 2.22. The van der Waals surface area contributed by atoms with Crippen LogP contribution in [0.1, 0.15) is 6.42 Å². The van der Waals surface area contributed by atoms with Crippen molar-refractivity contribution in [2.75, 3.05) is 12.9 Å². The third-order valence-electron chi connectivity index (χ3n) is 3.58. The first-order valence-electron chi connectivity index (χ1n) is 7.56. The topological polar surface area (TPSA) is 43.6 Å². The molecule has 3 rings (SSSR count). The maximum atomic E-state index is 12.1. The first-order valence-corrected chi connectivity index (χ1v) is 9.36. The van der Waals surface area contributed by atoms with Crippen molar-refractivity contribution in [3.05, 3.63) is 53.3 Å². The van der Waals surface area contributed by atoms with Gasteiger partial charge in [0, 0.05) is 24.1 Å². The lowest BCUT2D eigenvalue weighted by molar-refractivity contribution is -0.117. The number of carbonyl (C=O) groups excluding carboxylic acids is 1. The molecule has 0 unspecified atom stereocenters. The molecule has 1 aromatic heterocycles. The fourth-order valence-corrected chi connectivity index (χ4v) is 4.16. The Hall–Kier alpha value is -2.05. The standard InChI is InChI=1S/C18H18N2O2S2/c1-20-15-5-3-4-6-16(15)24-18(20)19-17(21)11-12-23-14-9-7-13(22-2)8-10-14/h3-10H,11-12H2,1-2H3.